The van der Waals surface area contributed by atoms with E-state index in [9.17, 15) is 18.7 Å². The summed E-state index contributed by atoms with van der Waals surface area (Å²) < 4.78 is 24.7. The van der Waals surface area contributed by atoms with E-state index in [-0.39, 0.29) is 22.9 Å². The Morgan fingerprint density at radius 1 is 1.50 bits per heavy atom. The van der Waals surface area contributed by atoms with Gasteiger partial charge in [-0.2, -0.15) is 0 Å². The van der Waals surface area contributed by atoms with Gasteiger partial charge in [0.05, 0.1) is 12.1 Å². The van der Waals surface area contributed by atoms with Gasteiger partial charge >= 0.3 is 0 Å². The number of halogens is 4. The number of phenolic OH excluding ortho intramolecular Hbond substituents is 1. The molecule has 0 heterocycles. The number of carbonyl (C=O) groups is 1. The molecule has 0 unspecified atom stereocenters. The number of aromatic hydroxyl groups is 1. The molecule has 0 aliphatic carbocycles. The molecule has 0 spiro atoms. The Bertz CT molecular complexity index is 432. The van der Waals surface area contributed by atoms with Crippen LogP contribution >= 0.6 is 27.5 Å². The fraction of sp³-hybridized carbons (Fsp3) is 0.364. The quantitative estimate of drug-likeness (QED) is 0.835. The van der Waals surface area contributed by atoms with E-state index in [4.69, 9.17) is 11.6 Å². The van der Waals surface area contributed by atoms with Gasteiger partial charge in [-0.15, -0.1) is 0 Å². The minimum atomic E-state index is -2.62. The average Bonchev–Trinajstić information content (AvgIpc) is 2.27. The summed E-state index contributed by atoms with van der Waals surface area (Å²) in [4.78, 5) is 12.9. The van der Waals surface area contributed by atoms with E-state index in [1.807, 2.05) is 0 Å². The third-order valence-corrected chi connectivity index (χ3v) is 2.78. The number of benzene rings is 1. The smallest absolute Gasteiger partial charge is 0.257 e. The second-order valence-corrected chi connectivity index (χ2v) is 4.72. The van der Waals surface area contributed by atoms with Crippen molar-refractivity contribution in [1.29, 1.82) is 0 Å². The molecule has 100 valence electrons. The molecule has 0 bridgehead atoms. The van der Waals surface area contributed by atoms with Crippen LogP contribution < -0.4 is 0 Å². The maximum atomic E-state index is 12.4. The second kappa shape index (κ2) is 6.89. The number of phenols is 1. The van der Waals surface area contributed by atoms with Crippen LogP contribution in [0, 0.1) is 0 Å². The zero-order chi connectivity index (χ0) is 13.7. The van der Waals surface area contributed by atoms with Crippen LogP contribution in [0.3, 0.4) is 0 Å². The lowest BCUT2D eigenvalue weighted by Gasteiger charge is -2.21. The van der Waals surface area contributed by atoms with E-state index in [2.05, 4.69) is 15.9 Å². The number of hydrogen-bond donors (Lipinski definition) is 1. The molecule has 0 saturated carbocycles. The third kappa shape index (κ3) is 4.10. The summed E-state index contributed by atoms with van der Waals surface area (Å²) >= 11 is 8.72. The topological polar surface area (TPSA) is 40.5 Å². The van der Waals surface area contributed by atoms with Gasteiger partial charge in [0, 0.05) is 16.9 Å². The molecule has 0 radical (unpaired) electrons. The minimum absolute atomic E-state index is 0.0407. The predicted molar refractivity (Wildman–Crippen MR) is 68.8 cm³/mol. The first-order valence-electron chi connectivity index (χ1n) is 5.07. The van der Waals surface area contributed by atoms with E-state index in [1.54, 1.807) is 0 Å². The molecule has 0 aromatic heterocycles. The molecule has 1 N–H and O–H groups in total. The number of carbonyl (C=O) groups excluding carboxylic acids is 1. The van der Waals surface area contributed by atoms with Crippen LogP contribution in [-0.4, -0.2) is 40.8 Å². The summed E-state index contributed by atoms with van der Waals surface area (Å²) in [7, 11) is 0. The van der Waals surface area contributed by atoms with Gasteiger partial charge in [-0.25, -0.2) is 8.78 Å². The highest BCUT2D eigenvalue weighted by Gasteiger charge is 2.21. The molecule has 18 heavy (non-hydrogen) atoms. The molecule has 1 aromatic rings. The summed E-state index contributed by atoms with van der Waals surface area (Å²) in [5.41, 5.74) is -0.0407. The minimum Gasteiger partial charge on any atom is -0.507 e. The lowest BCUT2D eigenvalue weighted by Crippen LogP contribution is -2.36. The molecule has 3 nitrogen and oxygen atoms in total. The Morgan fingerprint density at radius 3 is 2.67 bits per heavy atom. The lowest BCUT2D eigenvalue weighted by molar-refractivity contribution is 0.0570. The number of rotatable bonds is 5. The Balaban J connectivity index is 2.94. The number of nitrogens with zero attached hydrogens (tertiary/aromatic N) is 1. The molecule has 1 amide bonds. The predicted octanol–water partition coefficient (Wildman–Crippen LogP) is 3.15. The normalized spacial score (nSPS) is 10.7. The van der Waals surface area contributed by atoms with Crippen molar-refractivity contribution in [3.63, 3.8) is 0 Å². The van der Waals surface area contributed by atoms with Gasteiger partial charge in [-0.3, -0.25) is 4.79 Å². The maximum Gasteiger partial charge on any atom is 0.257 e. The molecule has 0 atom stereocenters. The van der Waals surface area contributed by atoms with E-state index in [0.717, 1.165) is 4.90 Å². The third-order valence-electron chi connectivity index (χ3n) is 2.19. The van der Waals surface area contributed by atoms with Crippen molar-refractivity contribution < 1.29 is 18.7 Å². The molecular weight excluding hydrogens is 331 g/mol. The molecule has 0 fully saturated rings. The molecule has 0 aliphatic rings. The Kier molecular flexibility index (Phi) is 5.81. The van der Waals surface area contributed by atoms with Crippen LogP contribution in [-0.2, 0) is 0 Å². The zero-order valence-electron chi connectivity index (χ0n) is 9.25. The van der Waals surface area contributed by atoms with Crippen LogP contribution in [0.4, 0.5) is 8.78 Å². The van der Waals surface area contributed by atoms with Crippen molar-refractivity contribution >= 4 is 33.4 Å². The average molecular weight is 343 g/mol. The Labute approximate surface area is 116 Å². The van der Waals surface area contributed by atoms with Crippen molar-refractivity contribution in [1.82, 2.24) is 4.90 Å². The van der Waals surface area contributed by atoms with Crippen LogP contribution in [0.1, 0.15) is 10.4 Å². The first-order chi connectivity index (χ1) is 8.45. The highest BCUT2D eigenvalue weighted by Crippen LogP contribution is 2.23. The largest absolute Gasteiger partial charge is 0.507 e. The van der Waals surface area contributed by atoms with Crippen molar-refractivity contribution in [2.75, 3.05) is 18.4 Å². The molecule has 1 rings (SSSR count). The van der Waals surface area contributed by atoms with Crippen molar-refractivity contribution in [3.05, 3.63) is 28.8 Å². The van der Waals surface area contributed by atoms with E-state index in [1.165, 1.54) is 18.2 Å². The van der Waals surface area contributed by atoms with Crippen LogP contribution in [0.15, 0.2) is 18.2 Å². The number of hydrogen-bond acceptors (Lipinski definition) is 2. The fourth-order valence-electron chi connectivity index (χ4n) is 1.40. The van der Waals surface area contributed by atoms with Gasteiger partial charge in [0.15, 0.2) is 0 Å². The summed E-state index contributed by atoms with van der Waals surface area (Å²) in [5, 5.41) is 10.2. The lowest BCUT2D eigenvalue weighted by atomic mass is 10.1. The van der Waals surface area contributed by atoms with Gasteiger partial charge in [0.2, 0.25) is 0 Å². The Hall–Kier alpha value is -0.880. The summed E-state index contributed by atoms with van der Waals surface area (Å²) in [5.74, 6) is -0.967. The Morgan fingerprint density at radius 2 is 2.17 bits per heavy atom. The van der Waals surface area contributed by atoms with Gasteiger partial charge in [0.25, 0.3) is 12.3 Å². The highest BCUT2D eigenvalue weighted by molar-refractivity contribution is 9.09. The maximum absolute atomic E-state index is 12.4. The van der Waals surface area contributed by atoms with Gasteiger partial charge in [-0.1, -0.05) is 27.5 Å². The van der Waals surface area contributed by atoms with E-state index < -0.39 is 18.9 Å². The van der Waals surface area contributed by atoms with Gasteiger partial charge < -0.3 is 10.0 Å². The van der Waals surface area contributed by atoms with Crippen molar-refractivity contribution in [2.24, 2.45) is 0 Å². The number of alkyl halides is 3. The van der Waals surface area contributed by atoms with Crippen LogP contribution in [0.5, 0.6) is 5.75 Å². The van der Waals surface area contributed by atoms with Crippen molar-refractivity contribution in [3.8, 4) is 5.75 Å². The van der Waals surface area contributed by atoms with E-state index >= 15 is 0 Å². The zero-order valence-corrected chi connectivity index (χ0v) is 11.6. The highest BCUT2D eigenvalue weighted by atomic mass is 79.9. The van der Waals surface area contributed by atoms with Gasteiger partial charge in [-0.05, 0) is 18.2 Å². The molecule has 0 aliphatic heterocycles. The molecular formula is C11H11BrClF2NO2. The monoisotopic (exact) mass is 341 g/mol. The van der Waals surface area contributed by atoms with Crippen LogP contribution in [0.2, 0.25) is 5.02 Å². The molecule has 0 saturated heterocycles. The number of amides is 1. The fourth-order valence-corrected chi connectivity index (χ4v) is 1.99. The van der Waals surface area contributed by atoms with Gasteiger partial charge in [0.1, 0.15) is 5.75 Å². The summed E-state index contributed by atoms with van der Waals surface area (Å²) in [6, 6.07) is 3.93. The van der Waals surface area contributed by atoms with Crippen molar-refractivity contribution in [2.45, 2.75) is 6.43 Å². The first kappa shape index (κ1) is 15.2. The summed E-state index contributed by atoms with van der Waals surface area (Å²) in [6.07, 6.45) is -2.62. The molecule has 1 aromatic carbocycles. The standard InChI is InChI=1S/C11H11BrClF2NO2/c12-3-4-16(6-10(14)15)11(18)8-2-1-7(13)5-9(8)17/h1-2,5,10,17H,3-4,6H2. The first-order valence-corrected chi connectivity index (χ1v) is 6.57. The van der Waals surface area contributed by atoms with Crippen LogP contribution in [0.25, 0.3) is 0 Å². The summed E-state index contributed by atoms with van der Waals surface area (Å²) in [6.45, 7) is -0.544. The molecule has 7 heteroatoms. The van der Waals surface area contributed by atoms with E-state index in [0.29, 0.717) is 5.33 Å². The SMILES string of the molecule is O=C(c1ccc(Cl)cc1O)N(CCBr)CC(F)F. The second-order valence-electron chi connectivity index (χ2n) is 3.49.